The van der Waals surface area contributed by atoms with Crippen molar-refractivity contribution in [3.05, 3.63) is 108 Å². The fraction of sp³-hybridized carbons (Fsp3) is 0.410. The van der Waals surface area contributed by atoms with E-state index >= 15 is 0 Å². The molecule has 48 heavy (non-hydrogen) atoms. The minimum Gasteiger partial charge on any atom is -0.494 e. The Labute approximate surface area is 282 Å². The third kappa shape index (κ3) is 9.26. The van der Waals surface area contributed by atoms with Crippen molar-refractivity contribution in [3.63, 3.8) is 0 Å². The maximum atomic E-state index is 11.8. The highest BCUT2D eigenvalue weighted by molar-refractivity contribution is 5.84. The minimum absolute atomic E-state index is 0.0704. The van der Waals surface area contributed by atoms with Gasteiger partial charge in [-0.3, -0.25) is 0 Å². The number of nitrogens with zero attached hydrogens (tertiary/aromatic N) is 1. The first-order valence-electron chi connectivity index (χ1n) is 16.7. The Morgan fingerprint density at radius 1 is 0.875 bits per heavy atom. The molecule has 1 amide bonds. The molecule has 0 bridgehead atoms. The summed E-state index contributed by atoms with van der Waals surface area (Å²) in [5, 5.41) is 11.9. The molecule has 3 unspecified atom stereocenters. The van der Waals surface area contributed by atoms with Crippen LogP contribution in [0.2, 0.25) is 0 Å². The van der Waals surface area contributed by atoms with Crippen molar-refractivity contribution in [2.75, 3.05) is 39.5 Å². The lowest BCUT2D eigenvalue weighted by Gasteiger charge is -2.37. The van der Waals surface area contributed by atoms with E-state index in [4.69, 9.17) is 28.4 Å². The monoisotopic (exact) mass is 655 g/mol. The molecule has 0 saturated carbocycles. The Morgan fingerprint density at radius 2 is 1.65 bits per heavy atom. The Morgan fingerprint density at radius 3 is 2.42 bits per heavy atom. The van der Waals surface area contributed by atoms with Crippen molar-refractivity contribution in [2.45, 2.75) is 63.8 Å². The van der Waals surface area contributed by atoms with Crippen molar-refractivity contribution in [2.24, 2.45) is 0 Å². The van der Waals surface area contributed by atoms with Crippen LogP contribution < -0.4 is 9.47 Å². The van der Waals surface area contributed by atoms with Crippen LogP contribution in [-0.4, -0.2) is 73.6 Å². The van der Waals surface area contributed by atoms with E-state index in [9.17, 15) is 9.90 Å². The lowest BCUT2D eigenvalue weighted by atomic mass is 9.87. The normalized spacial score (nSPS) is 20.5. The largest absolute Gasteiger partial charge is 0.494 e. The van der Waals surface area contributed by atoms with Crippen molar-refractivity contribution in [1.82, 2.24) is 4.90 Å². The number of amides is 1. The van der Waals surface area contributed by atoms with Gasteiger partial charge in [-0.1, -0.05) is 60.7 Å². The molecule has 4 aromatic carbocycles. The fourth-order valence-corrected chi connectivity index (χ4v) is 6.26. The van der Waals surface area contributed by atoms with E-state index in [2.05, 4.69) is 36.4 Å². The Balaban J connectivity index is 1.01. The number of ether oxygens (including phenoxy) is 6. The smallest absolute Gasteiger partial charge is 0.407 e. The van der Waals surface area contributed by atoms with Crippen molar-refractivity contribution >= 4 is 16.9 Å². The predicted octanol–water partition coefficient (Wildman–Crippen LogP) is 7.41. The predicted molar refractivity (Wildman–Crippen MR) is 183 cm³/mol. The van der Waals surface area contributed by atoms with Gasteiger partial charge in [-0.15, -0.1) is 0 Å². The molecular weight excluding hydrogens is 610 g/mol. The van der Waals surface area contributed by atoms with E-state index in [1.54, 1.807) is 0 Å². The van der Waals surface area contributed by atoms with Crippen LogP contribution in [0.25, 0.3) is 10.8 Å². The zero-order chi connectivity index (χ0) is 33.3. The average molecular weight is 656 g/mol. The van der Waals surface area contributed by atoms with Gasteiger partial charge in [0.15, 0.2) is 5.79 Å². The zero-order valence-corrected chi connectivity index (χ0v) is 27.7. The SMILES string of the molecule is CC1(C)OCC(COc2ccc3cc(COC4CN(C(=O)O)CCC4c4ccc(OCCCOCc5ccccc5)cc4)ccc3c2)O1. The summed E-state index contributed by atoms with van der Waals surface area (Å²) in [5.41, 5.74) is 3.31. The molecule has 3 atom stereocenters. The summed E-state index contributed by atoms with van der Waals surface area (Å²) in [4.78, 5) is 13.3. The molecule has 0 aliphatic carbocycles. The second kappa shape index (κ2) is 15.8. The molecule has 9 nitrogen and oxygen atoms in total. The van der Waals surface area contributed by atoms with Crippen molar-refractivity contribution in [1.29, 1.82) is 0 Å². The van der Waals surface area contributed by atoms with Crippen LogP contribution in [0.15, 0.2) is 91.0 Å². The maximum Gasteiger partial charge on any atom is 0.407 e. The summed E-state index contributed by atoms with van der Waals surface area (Å²) in [7, 11) is 0. The van der Waals surface area contributed by atoms with Crippen molar-refractivity contribution in [3.8, 4) is 11.5 Å². The van der Waals surface area contributed by atoms with E-state index in [-0.39, 0.29) is 18.1 Å². The number of piperidine rings is 1. The van der Waals surface area contributed by atoms with Gasteiger partial charge in [0, 0.05) is 18.9 Å². The second-order valence-corrected chi connectivity index (χ2v) is 12.9. The van der Waals surface area contributed by atoms with Gasteiger partial charge in [0.1, 0.15) is 24.2 Å². The lowest BCUT2D eigenvalue weighted by molar-refractivity contribution is -0.141. The van der Waals surface area contributed by atoms with Crippen LogP contribution in [0.1, 0.15) is 49.3 Å². The molecule has 2 saturated heterocycles. The van der Waals surface area contributed by atoms with E-state index < -0.39 is 11.9 Å². The summed E-state index contributed by atoms with van der Waals surface area (Å²) in [6.45, 7) is 7.73. The van der Waals surface area contributed by atoms with Crippen LogP contribution in [0.5, 0.6) is 11.5 Å². The van der Waals surface area contributed by atoms with Gasteiger partial charge in [-0.2, -0.15) is 0 Å². The average Bonchev–Trinajstić information content (AvgIpc) is 3.46. The van der Waals surface area contributed by atoms with Crippen LogP contribution >= 0.6 is 0 Å². The summed E-state index contributed by atoms with van der Waals surface area (Å²) in [6, 6.07) is 30.5. The van der Waals surface area contributed by atoms with Gasteiger partial charge in [0.25, 0.3) is 0 Å². The maximum absolute atomic E-state index is 11.8. The molecule has 0 radical (unpaired) electrons. The molecule has 2 aliphatic rings. The lowest BCUT2D eigenvalue weighted by Crippen LogP contribution is -2.46. The molecule has 9 heteroatoms. The Bertz CT molecular complexity index is 1630. The topological polar surface area (TPSA) is 95.9 Å². The highest BCUT2D eigenvalue weighted by Gasteiger charge is 2.34. The molecule has 0 spiro atoms. The highest BCUT2D eigenvalue weighted by atomic mass is 16.7. The van der Waals surface area contributed by atoms with Crippen LogP contribution in [0.3, 0.4) is 0 Å². The molecule has 6 rings (SSSR count). The van der Waals surface area contributed by atoms with Gasteiger partial charge < -0.3 is 38.4 Å². The van der Waals surface area contributed by atoms with Crippen LogP contribution in [0, 0.1) is 0 Å². The quantitative estimate of drug-likeness (QED) is 0.140. The van der Waals surface area contributed by atoms with Gasteiger partial charge in [-0.05, 0) is 78.1 Å². The van der Waals surface area contributed by atoms with Gasteiger partial charge >= 0.3 is 6.09 Å². The number of likely N-dealkylation sites (tertiary alicyclic amines) is 1. The molecule has 4 aromatic rings. The number of hydrogen-bond acceptors (Lipinski definition) is 7. The van der Waals surface area contributed by atoms with E-state index in [0.717, 1.165) is 45.4 Å². The molecule has 0 aromatic heterocycles. The summed E-state index contributed by atoms with van der Waals surface area (Å²) < 4.78 is 35.6. The van der Waals surface area contributed by atoms with Gasteiger partial charge in [-0.25, -0.2) is 4.79 Å². The molecule has 2 fully saturated rings. The third-order valence-corrected chi connectivity index (χ3v) is 8.79. The molecule has 1 N–H and O–H groups in total. The summed E-state index contributed by atoms with van der Waals surface area (Å²) in [5.74, 6) is 1.08. The van der Waals surface area contributed by atoms with Gasteiger partial charge in [0.05, 0.1) is 45.7 Å². The van der Waals surface area contributed by atoms with Gasteiger partial charge in [0.2, 0.25) is 0 Å². The van der Waals surface area contributed by atoms with E-state index in [0.29, 0.717) is 59.2 Å². The molecular formula is C39H45NO8. The third-order valence-electron chi connectivity index (χ3n) is 8.79. The fourth-order valence-electron chi connectivity index (χ4n) is 6.26. The van der Waals surface area contributed by atoms with Crippen molar-refractivity contribution < 1.29 is 38.3 Å². The number of rotatable bonds is 14. The first kappa shape index (κ1) is 33.7. The highest BCUT2D eigenvalue weighted by Crippen LogP contribution is 2.33. The number of hydrogen-bond donors (Lipinski definition) is 1. The second-order valence-electron chi connectivity index (χ2n) is 12.9. The zero-order valence-electron chi connectivity index (χ0n) is 27.7. The molecule has 2 aliphatic heterocycles. The van der Waals surface area contributed by atoms with E-state index in [1.165, 1.54) is 4.90 Å². The number of carboxylic acid groups (broad SMARTS) is 1. The first-order valence-corrected chi connectivity index (χ1v) is 16.7. The van der Waals surface area contributed by atoms with Crippen LogP contribution in [-0.2, 0) is 32.2 Å². The first-order chi connectivity index (χ1) is 23.3. The standard InChI is InChI=1S/C39H45NO8/c1-39(2)47-27-35(48-39)26-45-34-16-13-31-21-29(9-10-32(31)22-34)25-46-37-23-40(38(41)42)18-17-36(37)30-11-14-33(15-12-30)44-20-6-19-43-24-28-7-4-3-5-8-28/h3-5,7-16,21-22,35-37H,6,17-20,23-27H2,1-2H3,(H,41,42). The summed E-state index contributed by atoms with van der Waals surface area (Å²) >= 11 is 0. The number of fused-ring (bicyclic) bond motifs is 1. The number of carbonyl (C=O) groups is 1. The van der Waals surface area contributed by atoms with Crippen LogP contribution in [0.4, 0.5) is 4.79 Å². The Hall–Kier alpha value is -4.15. The molecule has 254 valence electrons. The minimum atomic E-state index is -0.919. The Kier molecular flexibility index (Phi) is 11.1. The summed E-state index contributed by atoms with van der Waals surface area (Å²) in [6.07, 6.45) is 0.195. The molecule has 2 heterocycles. The number of benzene rings is 4. The van der Waals surface area contributed by atoms with E-state index in [1.807, 2.05) is 68.4 Å².